The molecule has 7 rings (SSSR count). The molecule has 0 fully saturated rings. The molecule has 3 unspecified atom stereocenters. The molecule has 3 aliphatic carbocycles. The zero-order chi connectivity index (χ0) is 32.1. The van der Waals surface area contributed by atoms with Crippen LogP contribution in [-0.2, 0) is 11.8 Å². The molecule has 0 bridgehead atoms. The number of para-hydroxylation sites is 1. The number of nitrogens with zero attached hydrogens (tertiary/aromatic N) is 1. The Morgan fingerprint density at radius 1 is 0.870 bits per heavy atom. The van der Waals surface area contributed by atoms with Gasteiger partial charge in [-0.2, -0.15) is 0 Å². The van der Waals surface area contributed by atoms with Gasteiger partial charge in [0.25, 0.3) is 0 Å². The van der Waals surface area contributed by atoms with Crippen molar-refractivity contribution in [3.8, 4) is 11.1 Å². The first-order chi connectivity index (χ1) is 22.2. The Balaban J connectivity index is 1.21. The third-order valence-electron chi connectivity index (χ3n) is 11.4. The summed E-state index contributed by atoms with van der Waals surface area (Å²) in [5.74, 6) is 0. The number of unbranched alkanes of at least 4 members (excludes halogenated alkanes) is 3. The fraction of sp³-hybridized carbons (Fsp3) is 0.442. The largest absolute Gasteiger partial charge is 0.376 e. The number of ether oxygens (including phenoxy) is 1. The summed E-state index contributed by atoms with van der Waals surface area (Å²) in [4.78, 5) is 0. The Kier molecular flexibility index (Phi) is 8.53. The number of aromatic nitrogens is 1. The number of benzene rings is 3. The highest BCUT2D eigenvalue weighted by Gasteiger charge is 2.48. The molecule has 0 saturated heterocycles. The monoisotopic (exact) mass is 627 g/mol. The number of allylic oxidation sites excluding steroid dienone is 5. The highest BCUT2D eigenvalue weighted by atomic mass is 28.3. The third kappa shape index (κ3) is 5.68. The van der Waals surface area contributed by atoms with Crippen LogP contribution in [0.25, 0.3) is 39.0 Å². The topological polar surface area (TPSA) is 14.2 Å². The van der Waals surface area contributed by atoms with E-state index in [1.807, 2.05) is 5.57 Å². The fourth-order valence-electron chi connectivity index (χ4n) is 9.32. The van der Waals surface area contributed by atoms with Crippen LogP contribution >= 0.6 is 0 Å². The van der Waals surface area contributed by atoms with Gasteiger partial charge in [0.15, 0.2) is 0 Å². The van der Waals surface area contributed by atoms with Crippen molar-refractivity contribution >= 4 is 36.0 Å². The lowest BCUT2D eigenvalue weighted by atomic mass is 9.93. The molecule has 0 aliphatic heterocycles. The van der Waals surface area contributed by atoms with Gasteiger partial charge in [0.2, 0.25) is 0 Å². The maximum absolute atomic E-state index is 6.03. The van der Waals surface area contributed by atoms with Gasteiger partial charge >= 0.3 is 0 Å². The van der Waals surface area contributed by atoms with E-state index in [0.717, 1.165) is 6.61 Å². The van der Waals surface area contributed by atoms with Crippen LogP contribution in [0.3, 0.4) is 0 Å². The van der Waals surface area contributed by atoms with Gasteiger partial charge in [0, 0.05) is 35.5 Å². The summed E-state index contributed by atoms with van der Waals surface area (Å²) < 4.78 is 8.36. The molecule has 0 saturated carbocycles. The van der Waals surface area contributed by atoms with Gasteiger partial charge in [-0.1, -0.05) is 104 Å². The maximum Gasteiger partial charge on any atom is 0.0744 e. The van der Waals surface area contributed by atoms with Crippen LogP contribution in [0, 0.1) is 0 Å². The second-order valence-electron chi connectivity index (χ2n) is 15.7. The zero-order valence-corrected chi connectivity index (χ0v) is 30.1. The smallest absolute Gasteiger partial charge is 0.0744 e. The normalized spacial score (nSPS) is 20.8. The summed E-state index contributed by atoms with van der Waals surface area (Å²) in [6.45, 7) is 12.6. The molecule has 4 aromatic rings. The molecule has 3 aliphatic rings. The van der Waals surface area contributed by atoms with Crippen molar-refractivity contribution < 1.29 is 4.74 Å². The van der Waals surface area contributed by atoms with Crippen LogP contribution in [-0.4, -0.2) is 24.8 Å². The number of fused-ring (bicyclic) bond motifs is 4. The molecule has 0 radical (unpaired) electrons. The van der Waals surface area contributed by atoms with Gasteiger partial charge in [-0.15, -0.1) is 0 Å². The first-order valence-corrected chi connectivity index (χ1v) is 20.8. The third-order valence-corrected chi connectivity index (χ3v) is 16.9. The number of aryl methyl sites for hydroxylation is 1. The summed E-state index contributed by atoms with van der Waals surface area (Å²) in [7, 11) is 0.338. The van der Waals surface area contributed by atoms with E-state index in [-0.39, 0.29) is 5.60 Å². The average molecular weight is 628 g/mol. The summed E-state index contributed by atoms with van der Waals surface area (Å²) in [6.07, 6.45) is 18.2. The molecular weight excluding hydrogens is 575 g/mol. The van der Waals surface area contributed by atoms with Crippen molar-refractivity contribution in [1.29, 1.82) is 0 Å². The second-order valence-corrected chi connectivity index (χ2v) is 20.4. The Hall–Kier alpha value is -3.14. The highest BCUT2D eigenvalue weighted by molar-refractivity contribution is 6.83. The molecule has 2 nitrogen and oxygen atoms in total. The van der Waals surface area contributed by atoms with Crippen LogP contribution in [0.15, 0.2) is 89.5 Å². The molecule has 0 amide bonds. The van der Waals surface area contributed by atoms with Crippen LogP contribution < -0.4 is 0 Å². The molecule has 1 aromatic heterocycles. The molecule has 3 heteroatoms. The van der Waals surface area contributed by atoms with Crippen molar-refractivity contribution in [3.63, 3.8) is 0 Å². The van der Waals surface area contributed by atoms with Crippen LogP contribution in [0.1, 0.15) is 95.7 Å². The van der Waals surface area contributed by atoms with Crippen LogP contribution in [0.5, 0.6) is 0 Å². The lowest BCUT2D eigenvalue weighted by molar-refractivity contribution is -0.00471. The SMILES string of the molecule is CC1=CC2=C(CCCC2)C1[Si](C)(CCCCCCOC(C)(C)C)C1C=Cc2c(-c3ccc4c(c3)c3ccccc3n4C)cccc21. The molecule has 0 N–H and O–H groups in total. The average Bonchev–Trinajstić information content (AvgIpc) is 3.72. The molecule has 1 heterocycles. The molecular formula is C43H53NOSi. The molecule has 46 heavy (non-hydrogen) atoms. The molecule has 0 spiro atoms. The summed E-state index contributed by atoms with van der Waals surface area (Å²) in [5, 5.41) is 2.69. The van der Waals surface area contributed by atoms with Crippen molar-refractivity contribution in [1.82, 2.24) is 4.57 Å². The van der Waals surface area contributed by atoms with E-state index in [1.165, 1.54) is 95.9 Å². The maximum atomic E-state index is 6.03. The zero-order valence-electron chi connectivity index (χ0n) is 29.1. The minimum atomic E-state index is -1.85. The van der Waals surface area contributed by atoms with E-state index >= 15 is 0 Å². The first kappa shape index (κ1) is 31.5. The van der Waals surface area contributed by atoms with Gasteiger partial charge in [-0.25, -0.2) is 0 Å². The van der Waals surface area contributed by atoms with E-state index in [4.69, 9.17) is 4.74 Å². The van der Waals surface area contributed by atoms with Crippen molar-refractivity contribution in [2.45, 2.75) is 108 Å². The van der Waals surface area contributed by atoms with Crippen molar-refractivity contribution in [3.05, 3.63) is 101 Å². The predicted molar refractivity (Wildman–Crippen MR) is 201 cm³/mol. The van der Waals surface area contributed by atoms with Crippen LogP contribution in [0.4, 0.5) is 0 Å². The lowest BCUT2D eigenvalue weighted by Crippen LogP contribution is -2.43. The van der Waals surface area contributed by atoms with Crippen LogP contribution in [0.2, 0.25) is 18.1 Å². The van der Waals surface area contributed by atoms with E-state index in [0.29, 0.717) is 11.1 Å². The van der Waals surface area contributed by atoms with E-state index in [2.05, 4.69) is 125 Å². The van der Waals surface area contributed by atoms with Gasteiger partial charge in [-0.05, 0) is 117 Å². The molecule has 3 atom stereocenters. The summed E-state index contributed by atoms with van der Waals surface area (Å²) in [6, 6.07) is 24.5. The van der Waals surface area contributed by atoms with Gasteiger partial charge < -0.3 is 9.30 Å². The van der Waals surface area contributed by atoms with E-state index in [1.54, 1.807) is 16.7 Å². The number of rotatable bonds is 10. The molecule has 240 valence electrons. The summed E-state index contributed by atoms with van der Waals surface area (Å²) in [5.41, 5.74) is 14.8. The Morgan fingerprint density at radius 2 is 1.65 bits per heavy atom. The predicted octanol–water partition coefficient (Wildman–Crippen LogP) is 12.3. The lowest BCUT2D eigenvalue weighted by Gasteiger charge is -2.42. The first-order valence-electron chi connectivity index (χ1n) is 18.0. The quantitative estimate of drug-likeness (QED) is 0.126. The van der Waals surface area contributed by atoms with E-state index < -0.39 is 8.07 Å². The fourth-order valence-corrected chi connectivity index (χ4v) is 15.0. The Bertz CT molecular complexity index is 1860. The van der Waals surface area contributed by atoms with Gasteiger partial charge in [0.05, 0.1) is 13.7 Å². The van der Waals surface area contributed by atoms with E-state index in [9.17, 15) is 0 Å². The number of hydrogen-bond acceptors (Lipinski definition) is 1. The van der Waals surface area contributed by atoms with Gasteiger partial charge in [-0.3, -0.25) is 0 Å². The highest BCUT2D eigenvalue weighted by Crippen LogP contribution is 2.56. The van der Waals surface area contributed by atoms with Gasteiger partial charge in [0.1, 0.15) is 0 Å². The summed E-state index contributed by atoms with van der Waals surface area (Å²) >= 11 is 0. The van der Waals surface area contributed by atoms with Crippen molar-refractivity contribution in [2.24, 2.45) is 7.05 Å². The number of hydrogen-bond donors (Lipinski definition) is 0. The standard InChI is InChI=1S/C43H53NOSi/c1-30-28-31-16-9-10-17-34(31)42(30)46(6,27-14-8-7-13-26-45-43(2,3)4)41-25-23-35-33(19-15-20-37(35)41)32-22-24-40-38(29-32)36-18-11-12-21-39(36)44(40)5/h11-12,15,18-25,28-29,41-42H,7-10,13-14,16-17,26-27H2,1-6H3. The minimum Gasteiger partial charge on any atom is -0.376 e. The molecule has 3 aromatic carbocycles. The van der Waals surface area contributed by atoms with Crippen molar-refractivity contribution in [2.75, 3.05) is 6.61 Å². The Morgan fingerprint density at radius 3 is 2.50 bits per heavy atom. The second kappa shape index (κ2) is 12.5. The minimum absolute atomic E-state index is 0.0368. The Labute approximate surface area is 278 Å².